The topological polar surface area (TPSA) is 69.7 Å². The van der Waals surface area contributed by atoms with Crippen LogP contribution in [0.3, 0.4) is 0 Å². The highest BCUT2D eigenvalue weighted by Crippen LogP contribution is 2.27. The summed E-state index contributed by atoms with van der Waals surface area (Å²) < 4.78 is 41.2. The second-order valence-corrected chi connectivity index (χ2v) is 9.75. The van der Waals surface area contributed by atoms with Gasteiger partial charge in [0.15, 0.2) is 0 Å². The van der Waals surface area contributed by atoms with E-state index in [-0.39, 0.29) is 16.7 Å². The van der Waals surface area contributed by atoms with Crippen LogP contribution in [0.15, 0.2) is 47.4 Å². The first-order valence-corrected chi connectivity index (χ1v) is 12.5. The zero-order valence-electron chi connectivity index (χ0n) is 19.6. The van der Waals surface area contributed by atoms with Crippen LogP contribution < -0.4 is 9.62 Å². The molecule has 0 bridgehead atoms. The molecule has 176 valence electrons. The maximum atomic E-state index is 13.2. The summed E-state index contributed by atoms with van der Waals surface area (Å²) in [6.45, 7) is 7.10. The normalized spacial score (nSPS) is 11.5. The Balaban J connectivity index is 2.38. The van der Waals surface area contributed by atoms with Gasteiger partial charge in [-0.05, 0) is 67.3 Å². The molecular weight excluding hydrogens is 429 g/mol. The molecule has 8 heteroatoms. The van der Waals surface area contributed by atoms with Crippen molar-refractivity contribution >= 4 is 27.3 Å². The number of carbonyl (C=O) groups excluding carboxylic acids is 1. The lowest BCUT2D eigenvalue weighted by Crippen LogP contribution is -2.36. The van der Waals surface area contributed by atoms with Crippen LogP contribution in [0.25, 0.3) is 0 Å². The van der Waals surface area contributed by atoms with Crippen LogP contribution in [0.1, 0.15) is 45.6 Å². The van der Waals surface area contributed by atoms with Gasteiger partial charge in [0.1, 0.15) is 5.82 Å². The molecule has 2 rings (SSSR count). The van der Waals surface area contributed by atoms with E-state index in [2.05, 4.69) is 4.72 Å². The van der Waals surface area contributed by atoms with Crippen molar-refractivity contribution in [3.05, 3.63) is 53.8 Å². The van der Waals surface area contributed by atoms with Crippen LogP contribution in [0.4, 0.5) is 15.8 Å². The van der Waals surface area contributed by atoms with Crippen LogP contribution in [0.2, 0.25) is 0 Å². The Bertz CT molecular complexity index is 1000. The average Bonchev–Trinajstić information content (AvgIpc) is 2.74. The fraction of sp³-hybridized carbons (Fsp3) is 0.458. The van der Waals surface area contributed by atoms with Crippen molar-refractivity contribution in [2.75, 3.05) is 30.3 Å². The molecule has 0 aromatic heterocycles. The number of sulfonamides is 1. The molecule has 0 saturated carbocycles. The molecule has 0 aliphatic rings. The first-order chi connectivity index (χ1) is 15.1. The Morgan fingerprint density at radius 3 is 2.19 bits per heavy atom. The number of carbonyl (C=O) groups is 1. The Morgan fingerprint density at radius 2 is 1.66 bits per heavy atom. The molecule has 2 aromatic rings. The summed E-state index contributed by atoms with van der Waals surface area (Å²) in [6.07, 6.45) is 2.40. The molecule has 0 radical (unpaired) electrons. The highest BCUT2D eigenvalue weighted by molar-refractivity contribution is 7.92. The van der Waals surface area contributed by atoms with Crippen molar-refractivity contribution in [3.63, 3.8) is 0 Å². The van der Waals surface area contributed by atoms with Gasteiger partial charge in [-0.3, -0.25) is 9.52 Å². The molecular formula is C24H34FN3O3S. The lowest BCUT2D eigenvalue weighted by Gasteiger charge is -2.28. The number of hydrogen-bond acceptors (Lipinski definition) is 4. The van der Waals surface area contributed by atoms with Crippen molar-refractivity contribution in [1.82, 2.24) is 4.90 Å². The summed E-state index contributed by atoms with van der Waals surface area (Å²) >= 11 is 0. The van der Waals surface area contributed by atoms with Crippen molar-refractivity contribution in [1.29, 1.82) is 0 Å². The summed E-state index contributed by atoms with van der Waals surface area (Å²) in [5.41, 5.74) is 2.15. The van der Waals surface area contributed by atoms with E-state index in [9.17, 15) is 17.6 Å². The Labute approximate surface area is 191 Å². The average molecular weight is 464 g/mol. The first-order valence-electron chi connectivity index (χ1n) is 11.0. The third kappa shape index (κ3) is 6.45. The van der Waals surface area contributed by atoms with E-state index in [1.165, 1.54) is 12.1 Å². The largest absolute Gasteiger partial charge is 0.377 e. The molecule has 6 nitrogen and oxygen atoms in total. The zero-order valence-corrected chi connectivity index (χ0v) is 20.4. The van der Waals surface area contributed by atoms with Gasteiger partial charge >= 0.3 is 0 Å². The molecule has 0 saturated heterocycles. The lowest BCUT2D eigenvalue weighted by atomic mass is 10.0. The van der Waals surface area contributed by atoms with Crippen LogP contribution in [-0.2, 0) is 21.4 Å². The smallest absolute Gasteiger partial charge is 0.261 e. The van der Waals surface area contributed by atoms with E-state index in [1.54, 1.807) is 12.1 Å². The summed E-state index contributed by atoms with van der Waals surface area (Å²) in [5, 5.41) is 0. The molecule has 1 amide bonds. The van der Waals surface area contributed by atoms with Crippen molar-refractivity contribution in [2.45, 2.75) is 51.5 Å². The Kier molecular flexibility index (Phi) is 9.07. The van der Waals surface area contributed by atoms with Gasteiger partial charge in [-0.15, -0.1) is 0 Å². The maximum absolute atomic E-state index is 13.2. The molecule has 0 unspecified atom stereocenters. The maximum Gasteiger partial charge on any atom is 0.261 e. The zero-order chi connectivity index (χ0) is 23.9. The van der Waals surface area contributed by atoms with E-state index in [4.69, 9.17) is 0 Å². The fourth-order valence-corrected chi connectivity index (χ4v) is 4.73. The minimum atomic E-state index is -3.87. The molecule has 0 aliphatic heterocycles. The van der Waals surface area contributed by atoms with Crippen LogP contribution in [-0.4, -0.2) is 39.9 Å². The summed E-state index contributed by atoms with van der Waals surface area (Å²) in [4.78, 5) is 16.9. The van der Waals surface area contributed by atoms with Gasteiger partial charge in [0.25, 0.3) is 10.0 Å². The lowest BCUT2D eigenvalue weighted by molar-refractivity contribution is -0.136. The van der Waals surface area contributed by atoms with E-state index in [0.717, 1.165) is 42.6 Å². The minimum Gasteiger partial charge on any atom is -0.377 e. The molecule has 0 aliphatic carbocycles. The van der Waals surface area contributed by atoms with Crippen molar-refractivity contribution in [3.8, 4) is 0 Å². The SMILES string of the molecule is CCCN(Cc1cc(NS(=O)(=O)c2ccc(F)cc2)ccc1N(C)C)C(=O)C(CC)CC. The number of rotatable bonds is 11. The van der Waals surface area contributed by atoms with Gasteiger partial charge in [-0.25, -0.2) is 12.8 Å². The number of halogens is 1. The first kappa shape index (κ1) is 25.6. The number of benzene rings is 2. The summed E-state index contributed by atoms with van der Waals surface area (Å²) in [6, 6.07) is 9.96. The third-order valence-corrected chi connectivity index (χ3v) is 6.84. The number of nitrogens with one attached hydrogen (secondary N) is 1. The predicted molar refractivity (Wildman–Crippen MR) is 128 cm³/mol. The van der Waals surface area contributed by atoms with Crippen LogP contribution in [0.5, 0.6) is 0 Å². The van der Waals surface area contributed by atoms with Crippen LogP contribution in [0, 0.1) is 11.7 Å². The van der Waals surface area contributed by atoms with E-state index in [1.807, 2.05) is 50.7 Å². The van der Waals surface area contributed by atoms with Crippen LogP contribution >= 0.6 is 0 Å². The second kappa shape index (κ2) is 11.3. The van der Waals surface area contributed by atoms with Gasteiger partial charge < -0.3 is 9.80 Å². The van der Waals surface area contributed by atoms with Gasteiger partial charge in [-0.2, -0.15) is 0 Å². The Hall–Kier alpha value is -2.61. The standard InChI is InChI=1S/C24H34FN3O3S/c1-6-15-28(24(29)18(7-2)8-3)17-19-16-21(11-14-23(19)27(4)5)26-32(30,31)22-12-9-20(25)10-13-22/h9-14,16,18,26H,6-8,15,17H2,1-5H3. The van der Waals surface area contributed by atoms with E-state index >= 15 is 0 Å². The molecule has 0 heterocycles. The molecule has 0 spiro atoms. The number of anilines is 2. The molecule has 32 heavy (non-hydrogen) atoms. The fourth-order valence-electron chi connectivity index (χ4n) is 3.68. The number of hydrogen-bond donors (Lipinski definition) is 1. The van der Waals surface area contributed by atoms with Gasteiger partial charge in [-0.1, -0.05) is 20.8 Å². The summed E-state index contributed by atoms with van der Waals surface area (Å²) in [5.74, 6) is -0.400. The highest BCUT2D eigenvalue weighted by atomic mass is 32.2. The number of amides is 1. The molecule has 0 fully saturated rings. The predicted octanol–water partition coefficient (Wildman–Crippen LogP) is 4.87. The minimum absolute atomic E-state index is 0.0198. The van der Waals surface area contributed by atoms with E-state index < -0.39 is 15.8 Å². The monoisotopic (exact) mass is 463 g/mol. The quantitative estimate of drug-likeness (QED) is 0.516. The van der Waals surface area contributed by atoms with Crippen molar-refractivity contribution < 1.29 is 17.6 Å². The molecule has 1 N–H and O–H groups in total. The molecule has 0 atom stereocenters. The number of nitrogens with zero attached hydrogens (tertiary/aromatic N) is 2. The van der Waals surface area contributed by atoms with Gasteiger partial charge in [0, 0.05) is 44.5 Å². The molecule has 2 aromatic carbocycles. The second-order valence-electron chi connectivity index (χ2n) is 8.07. The van der Waals surface area contributed by atoms with Gasteiger partial charge in [0.05, 0.1) is 4.90 Å². The summed E-state index contributed by atoms with van der Waals surface area (Å²) in [7, 11) is -0.0456. The van der Waals surface area contributed by atoms with Crippen molar-refractivity contribution in [2.24, 2.45) is 5.92 Å². The highest BCUT2D eigenvalue weighted by Gasteiger charge is 2.23. The Morgan fingerprint density at radius 1 is 1.03 bits per heavy atom. The van der Waals surface area contributed by atoms with E-state index in [0.29, 0.717) is 18.8 Å². The van der Waals surface area contributed by atoms with Gasteiger partial charge in [0.2, 0.25) is 5.91 Å². The third-order valence-electron chi connectivity index (χ3n) is 5.44.